The van der Waals surface area contributed by atoms with Gasteiger partial charge in [0.2, 0.25) is 11.8 Å². The van der Waals surface area contributed by atoms with E-state index in [0.717, 1.165) is 36.0 Å². The van der Waals surface area contributed by atoms with Gasteiger partial charge in [0, 0.05) is 37.9 Å². The van der Waals surface area contributed by atoms with E-state index in [1.165, 1.54) is 0 Å². The highest BCUT2D eigenvalue weighted by Crippen LogP contribution is 2.29. The van der Waals surface area contributed by atoms with E-state index >= 15 is 0 Å². The molecular formula is C21H23N3O2. The number of aromatic nitrogens is 1. The van der Waals surface area contributed by atoms with E-state index in [0.29, 0.717) is 25.6 Å². The lowest BCUT2D eigenvalue weighted by molar-refractivity contribution is -0.139. The van der Waals surface area contributed by atoms with Crippen LogP contribution in [0.25, 0.3) is 11.1 Å². The molecule has 5 heteroatoms. The quantitative estimate of drug-likeness (QED) is 0.806. The maximum atomic E-state index is 12.8. The van der Waals surface area contributed by atoms with Crippen molar-refractivity contribution in [2.24, 2.45) is 0 Å². The molecule has 0 N–H and O–H groups in total. The average molecular weight is 349 g/mol. The topological polar surface area (TPSA) is 53.5 Å². The van der Waals surface area contributed by atoms with E-state index in [1.807, 2.05) is 29.3 Å². The van der Waals surface area contributed by atoms with Crippen LogP contribution in [0, 0.1) is 0 Å². The van der Waals surface area contributed by atoms with Crippen LogP contribution in [0.1, 0.15) is 31.2 Å². The molecule has 2 amide bonds. The molecule has 2 fully saturated rings. The maximum Gasteiger partial charge on any atom is 0.242 e. The van der Waals surface area contributed by atoms with Gasteiger partial charge in [0.05, 0.1) is 6.54 Å². The summed E-state index contributed by atoms with van der Waals surface area (Å²) in [6.45, 7) is 1.52. The Kier molecular flexibility index (Phi) is 4.69. The predicted molar refractivity (Wildman–Crippen MR) is 99.1 cm³/mol. The summed E-state index contributed by atoms with van der Waals surface area (Å²) < 4.78 is 0. The molecule has 1 aromatic carbocycles. The molecule has 2 aromatic rings. The highest BCUT2D eigenvalue weighted by Gasteiger charge is 2.34. The number of rotatable bonds is 6. The zero-order valence-electron chi connectivity index (χ0n) is 14.8. The van der Waals surface area contributed by atoms with E-state index in [4.69, 9.17) is 0 Å². The van der Waals surface area contributed by atoms with E-state index in [-0.39, 0.29) is 18.4 Å². The molecule has 0 unspecified atom stereocenters. The molecule has 1 aliphatic heterocycles. The zero-order chi connectivity index (χ0) is 17.9. The summed E-state index contributed by atoms with van der Waals surface area (Å²) in [5.41, 5.74) is 3.29. The Labute approximate surface area is 153 Å². The van der Waals surface area contributed by atoms with Gasteiger partial charge in [-0.25, -0.2) is 0 Å². The Morgan fingerprint density at radius 3 is 2.73 bits per heavy atom. The average Bonchev–Trinajstić information content (AvgIpc) is 3.44. The summed E-state index contributed by atoms with van der Waals surface area (Å²) in [5.74, 6) is 0.169. The molecule has 5 nitrogen and oxygen atoms in total. The molecule has 1 aromatic heterocycles. The summed E-state index contributed by atoms with van der Waals surface area (Å²) in [7, 11) is 0. The molecule has 1 aliphatic carbocycles. The lowest BCUT2D eigenvalue weighted by Crippen LogP contribution is -2.41. The van der Waals surface area contributed by atoms with Crippen molar-refractivity contribution in [3.8, 4) is 11.1 Å². The van der Waals surface area contributed by atoms with Crippen LogP contribution in [-0.4, -0.2) is 45.7 Å². The standard InChI is InChI=1S/C21H23N3O2/c25-20-7-3-11-23(20)15-21(26)24(19-8-9-19)14-16-4-1-5-17(12-16)18-6-2-10-22-13-18/h1-2,4-6,10,12-13,19H,3,7-9,11,14-15H2. The van der Waals surface area contributed by atoms with Crippen LogP contribution in [-0.2, 0) is 16.1 Å². The lowest BCUT2D eigenvalue weighted by Gasteiger charge is -2.25. The van der Waals surface area contributed by atoms with Gasteiger partial charge in [-0.1, -0.05) is 24.3 Å². The van der Waals surface area contributed by atoms with Crippen molar-refractivity contribution in [3.05, 3.63) is 54.4 Å². The van der Waals surface area contributed by atoms with Crippen molar-refractivity contribution in [1.82, 2.24) is 14.8 Å². The summed E-state index contributed by atoms with van der Waals surface area (Å²) in [4.78, 5) is 32.5. The van der Waals surface area contributed by atoms with Crippen LogP contribution in [0.4, 0.5) is 0 Å². The van der Waals surface area contributed by atoms with Crippen molar-refractivity contribution in [2.75, 3.05) is 13.1 Å². The summed E-state index contributed by atoms with van der Waals surface area (Å²) in [5, 5.41) is 0. The second kappa shape index (κ2) is 7.28. The summed E-state index contributed by atoms with van der Waals surface area (Å²) in [6.07, 6.45) is 7.17. The number of hydrogen-bond donors (Lipinski definition) is 0. The van der Waals surface area contributed by atoms with Crippen LogP contribution in [0.3, 0.4) is 0 Å². The summed E-state index contributed by atoms with van der Waals surface area (Å²) >= 11 is 0. The minimum Gasteiger partial charge on any atom is -0.334 e. The van der Waals surface area contributed by atoms with Crippen molar-refractivity contribution in [2.45, 2.75) is 38.3 Å². The fourth-order valence-electron chi connectivity index (χ4n) is 3.51. The highest BCUT2D eigenvalue weighted by atomic mass is 16.2. The van der Waals surface area contributed by atoms with Crippen molar-refractivity contribution in [3.63, 3.8) is 0 Å². The van der Waals surface area contributed by atoms with Gasteiger partial charge in [-0.05, 0) is 48.1 Å². The first kappa shape index (κ1) is 16.8. The highest BCUT2D eigenvalue weighted by molar-refractivity contribution is 5.86. The minimum atomic E-state index is 0.0644. The number of nitrogens with zero attached hydrogens (tertiary/aromatic N) is 3. The first-order valence-corrected chi connectivity index (χ1v) is 9.27. The van der Waals surface area contributed by atoms with Gasteiger partial charge in [0.25, 0.3) is 0 Å². The Morgan fingerprint density at radius 1 is 1.19 bits per heavy atom. The number of carbonyl (C=O) groups excluding carboxylic acids is 2. The molecule has 0 atom stereocenters. The Morgan fingerprint density at radius 2 is 2.04 bits per heavy atom. The molecule has 1 saturated heterocycles. The Bertz CT molecular complexity index is 802. The number of pyridine rings is 1. The number of carbonyl (C=O) groups is 2. The molecular weight excluding hydrogens is 326 g/mol. The van der Waals surface area contributed by atoms with Crippen LogP contribution >= 0.6 is 0 Å². The molecule has 2 aliphatic rings. The molecule has 0 spiro atoms. The van der Waals surface area contributed by atoms with Gasteiger partial charge in [-0.2, -0.15) is 0 Å². The van der Waals surface area contributed by atoms with Gasteiger partial charge < -0.3 is 9.80 Å². The second-order valence-corrected chi connectivity index (χ2v) is 7.11. The largest absolute Gasteiger partial charge is 0.334 e. The van der Waals surface area contributed by atoms with Gasteiger partial charge in [0.1, 0.15) is 0 Å². The van der Waals surface area contributed by atoms with E-state index < -0.39 is 0 Å². The van der Waals surface area contributed by atoms with Crippen molar-refractivity contribution >= 4 is 11.8 Å². The third kappa shape index (κ3) is 3.77. The van der Waals surface area contributed by atoms with E-state index in [2.05, 4.69) is 23.2 Å². The fraction of sp³-hybridized carbons (Fsp3) is 0.381. The predicted octanol–water partition coefficient (Wildman–Crippen LogP) is 2.86. The smallest absolute Gasteiger partial charge is 0.242 e. The number of amides is 2. The first-order chi connectivity index (χ1) is 12.7. The fourth-order valence-corrected chi connectivity index (χ4v) is 3.51. The lowest BCUT2D eigenvalue weighted by atomic mass is 10.0. The molecule has 134 valence electrons. The Balaban J connectivity index is 1.48. The molecule has 2 heterocycles. The van der Waals surface area contributed by atoms with E-state index in [9.17, 15) is 9.59 Å². The number of benzene rings is 1. The van der Waals surface area contributed by atoms with Gasteiger partial charge in [-0.15, -0.1) is 0 Å². The molecule has 4 rings (SSSR count). The zero-order valence-corrected chi connectivity index (χ0v) is 14.8. The summed E-state index contributed by atoms with van der Waals surface area (Å²) in [6, 6.07) is 12.6. The third-order valence-corrected chi connectivity index (χ3v) is 5.08. The monoisotopic (exact) mass is 349 g/mol. The number of hydrogen-bond acceptors (Lipinski definition) is 3. The molecule has 1 saturated carbocycles. The maximum absolute atomic E-state index is 12.8. The van der Waals surface area contributed by atoms with Gasteiger partial charge >= 0.3 is 0 Å². The van der Waals surface area contributed by atoms with Crippen LogP contribution in [0.5, 0.6) is 0 Å². The van der Waals surface area contributed by atoms with Gasteiger partial charge in [0.15, 0.2) is 0 Å². The SMILES string of the molecule is O=C1CCCN1CC(=O)N(Cc1cccc(-c2cccnc2)c1)C1CC1. The minimum absolute atomic E-state index is 0.0644. The normalized spacial score (nSPS) is 16.8. The van der Waals surface area contributed by atoms with Crippen molar-refractivity contribution in [1.29, 1.82) is 0 Å². The number of likely N-dealkylation sites (tertiary alicyclic amines) is 1. The van der Waals surface area contributed by atoms with Gasteiger partial charge in [-0.3, -0.25) is 14.6 Å². The van der Waals surface area contributed by atoms with E-state index in [1.54, 1.807) is 11.1 Å². The molecule has 26 heavy (non-hydrogen) atoms. The van der Waals surface area contributed by atoms with Crippen LogP contribution in [0.15, 0.2) is 48.8 Å². The molecule has 0 radical (unpaired) electrons. The van der Waals surface area contributed by atoms with Crippen LogP contribution in [0.2, 0.25) is 0 Å². The second-order valence-electron chi connectivity index (χ2n) is 7.11. The third-order valence-electron chi connectivity index (χ3n) is 5.08. The molecule has 0 bridgehead atoms. The first-order valence-electron chi connectivity index (χ1n) is 9.27. The Hall–Kier alpha value is -2.69. The van der Waals surface area contributed by atoms with Crippen LogP contribution < -0.4 is 0 Å². The van der Waals surface area contributed by atoms with Crippen molar-refractivity contribution < 1.29 is 9.59 Å².